The van der Waals surface area contributed by atoms with E-state index in [0.29, 0.717) is 23.7 Å². The van der Waals surface area contributed by atoms with Crippen molar-refractivity contribution in [2.45, 2.75) is 47.1 Å². The van der Waals surface area contributed by atoms with E-state index in [4.69, 9.17) is 4.74 Å². The third-order valence-corrected chi connectivity index (χ3v) is 3.49. The first-order valence-corrected chi connectivity index (χ1v) is 7.46. The molecule has 0 atom stereocenters. The van der Waals surface area contributed by atoms with Crippen LogP contribution in [0.15, 0.2) is 27.8 Å². The van der Waals surface area contributed by atoms with Gasteiger partial charge in [-0.2, -0.15) is 0 Å². The van der Waals surface area contributed by atoms with Crippen molar-refractivity contribution < 1.29 is 4.74 Å². The molecule has 0 amide bonds. The zero-order valence-electron chi connectivity index (χ0n) is 13.7. The molecule has 5 heteroatoms. The van der Waals surface area contributed by atoms with Crippen LogP contribution in [0.1, 0.15) is 43.4 Å². The third-order valence-electron chi connectivity index (χ3n) is 3.49. The summed E-state index contributed by atoms with van der Waals surface area (Å²) in [5.74, 6) is 0.908. The Morgan fingerprint density at radius 2 is 1.73 bits per heavy atom. The van der Waals surface area contributed by atoms with E-state index in [0.717, 1.165) is 11.1 Å². The molecule has 2 rings (SSSR count). The molecule has 1 aromatic carbocycles. The first-order chi connectivity index (χ1) is 10.3. The Kier molecular flexibility index (Phi) is 4.54. The Morgan fingerprint density at radius 1 is 1.14 bits per heavy atom. The van der Waals surface area contributed by atoms with Gasteiger partial charge in [-0.15, -0.1) is 0 Å². The maximum atomic E-state index is 12.1. The average Bonchev–Trinajstić information content (AvgIpc) is 2.36. The van der Waals surface area contributed by atoms with Gasteiger partial charge in [0, 0.05) is 6.54 Å². The summed E-state index contributed by atoms with van der Waals surface area (Å²) in [6.45, 7) is 10.0. The highest BCUT2D eigenvalue weighted by molar-refractivity contribution is 5.38. The molecule has 1 aromatic heterocycles. The van der Waals surface area contributed by atoms with E-state index in [1.54, 1.807) is 0 Å². The number of aromatic nitrogens is 2. The molecule has 0 saturated carbocycles. The van der Waals surface area contributed by atoms with Crippen molar-refractivity contribution >= 4 is 0 Å². The Morgan fingerprint density at radius 3 is 2.23 bits per heavy atom. The van der Waals surface area contributed by atoms with Crippen LogP contribution in [-0.2, 0) is 6.54 Å². The lowest BCUT2D eigenvalue weighted by atomic mass is 10.1. The Hall–Kier alpha value is -2.30. The molecule has 0 fully saturated rings. The van der Waals surface area contributed by atoms with Gasteiger partial charge in [-0.1, -0.05) is 19.9 Å². The molecule has 0 saturated heterocycles. The summed E-state index contributed by atoms with van der Waals surface area (Å²) in [6.07, 6.45) is 0. The second-order valence-electron chi connectivity index (χ2n) is 5.80. The molecule has 5 nitrogen and oxygen atoms in total. The number of aryl methyl sites for hydroxylation is 2. The van der Waals surface area contributed by atoms with Crippen LogP contribution in [0.2, 0.25) is 0 Å². The second kappa shape index (κ2) is 6.22. The van der Waals surface area contributed by atoms with Gasteiger partial charge in [0.15, 0.2) is 0 Å². The van der Waals surface area contributed by atoms with Gasteiger partial charge in [0.1, 0.15) is 5.75 Å². The van der Waals surface area contributed by atoms with Crippen LogP contribution in [0.5, 0.6) is 11.6 Å². The minimum absolute atomic E-state index is 0.0527. The van der Waals surface area contributed by atoms with Gasteiger partial charge >= 0.3 is 5.69 Å². The first-order valence-electron chi connectivity index (χ1n) is 7.46. The number of nitrogens with one attached hydrogen (secondary N) is 1. The van der Waals surface area contributed by atoms with Crippen molar-refractivity contribution in [3.8, 4) is 11.6 Å². The molecule has 0 aliphatic carbocycles. The molecule has 0 bridgehead atoms. The number of rotatable bonds is 4. The van der Waals surface area contributed by atoms with E-state index < -0.39 is 5.69 Å². The van der Waals surface area contributed by atoms with Gasteiger partial charge in [-0.05, 0) is 49.9 Å². The van der Waals surface area contributed by atoms with Gasteiger partial charge in [0.05, 0.1) is 5.56 Å². The van der Waals surface area contributed by atoms with Gasteiger partial charge in [-0.25, -0.2) is 4.79 Å². The molecule has 2 aromatic rings. The summed E-state index contributed by atoms with van der Waals surface area (Å²) in [4.78, 5) is 26.5. The molecule has 0 aliphatic heterocycles. The van der Waals surface area contributed by atoms with Gasteiger partial charge in [-0.3, -0.25) is 14.3 Å². The summed E-state index contributed by atoms with van der Waals surface area (Å²) in [6, 6.07) is 5.83. The highest BCUT2D eigenvalue weighted by Gasteiger charge is 2.19. The standard InChI is InChI=1S/C17H22N2O3/c1-6-19-16(14(10(2)3)15(20)18-17(19)21)22-13-8-11(4)7-12(5)9-13/h7-10H,6H2,1-5H3,(H,18,20,21). The van der Waals surface area contributed by atoms with Crippen molar-refractivity contribution in [1.29, 1.82) is 0 Å². The minimum Gasteiger partial charge on any atom is -0.440 e. The predicted octanol–water partition coefficient (Wildman–Crippen LogP) is 3.09. The number of benzene rings is 1. The molecule has 22 heavy (non-hydrogen) atoms. The Bertz CT molecular complexity index is 780. The summed E-state index contributed by atoms with van der Waals surface area (Å²) < 4.78 is 7.41. The van der Waals surface area contributed by atoms with Crippen molar-refractivity contribution in [3.63, 3.8) is 0 Å². The topological polar surface area (TPSA) is 64.1 Å². The van der Waals surface area contributed by atoms with Crippen LogP contribution in [0.4, 0.5) is 0 Å². The van der Waals surface area contributed by atoms with Crippen LogP contribution >= 0.6 is 0 Å². The van der Waals surface area contributed by atoms with E-state index in [2.05, 4.69) is 4.98 Å². The Labute approximate surface area is 129 Å². The van der Waals surface area contributed by atoms with E-state index in [1.165, 1.54) is 4.57 Å². The maximum absolute atomic E-state index is 12.1. The fourth-order valence-electron chi connectivity index (χ4n) is 2.58. The number of aromatic amines is 1. The van der Waals surface area contributed by atoms with Crippen molar-refractivity contribution in [2.75, 3.05) is 0 Å². The molecule has 118 valence electrons. The maximum Gasteiger partial charge on any atom is 0.331 e. The number of hydrogen-bond acceptors (Lipinski definition) is 3. The lowest BCUT2D eigenvalue weighted by Crippen LogP contribution is -2.33. The Balaban J connectivity index is 2.67. The zero-order valence-corrected chi connectivity index (χ0v) is 13.7. The smallest absolute Gasteiger partial charge is 0.331 e. The largest absolute Gasteiger partial charge is 0.440 e. The molecule has 0 radical (unpaired) electrons. The third kappa shape index (κ3) is 3.13. The van der Waals surface area contributed by atoms with Crippen molar-refractivity contribution in [1.82, 2.24) is 9.55 Å². The molecular weight excluding hydrogens is 280 g/mol. The lowest BCUT2D eigenvalue weighted by Gasteiger charge is -2.17. The number of H-pyrrole nitrogens is 1. The summed E-state index contributed by atoms with van der Waals surface area (Å²) in [5, 5.41) is 0. The monoisotopic (exact) mass is 302 g/mol. The molecule has 1 heterocycles. The van der Waals surface area contributed by atoms with E-state index >= 15 is 0 Å². The van der Waals surface area contributed by atoms with Crippen molar-refractivity contribution in [2.24, 2.45) is 0 Å². The highest BCUT2D eigenvalue weighted by Crippen LogP contribution is 2.28. The summed E-state index contributed by atoms with van der Waals surface area (Å²) in [7, 11) is 0. The zero-order chi connectivity index (χ0) is 16.4. The van der Waals surface area contributed by atoms with Crippen LogP contribution in [0.3, 0.4) is 0 Å². The lowest BCUT2D eigenvalue weighted by molar-refractivity contribution is 0.406. The quantitative estimate of drug-likeness (QED) is 0.944. The van der Waals surface area contributed by atoms with Crippen LogP contribution in [0, 0.1) is 13.8 Å². The van der Waals surface area contributed by atoms with Gasteiger partial charge in [0.25, 0.3) is 5.56 Å². The molecule has 0 aliphatic rings. The van der Waals surface area contributed by atoms with E-state index in [-0.39, 0.29) is 11.5 Å². The average molecular weight is 302 g/mol. The number of hydrogen-bond donors (Lipinski definition) is 1. The molecule has 0 spiro atoms. The predicted molar refractivity (Wildman–Crippen MR) is 87.1 cm³/mol. The fourth-order valence-corrected chi connectivity index (χ4v) is 2.58. The molecule has 0 unspecified atom stereocenters. The van der Waals surface area contributed by atoms with Crippen LogP contribution in [-0.4, -0.2) is 9.55 Å². The summed E-state index contributed by atoms with van der Waals surface area (Å²) >= 11 is 0. The normalized spacial score (nSPS) is 11.0. The highest BCUT2D eigenvalue weighted by atomic mass is 16.5. The van der Waals surface area contributed by atoms with Gasteiger partial charge in [0.2, 0.25) is 5.88 Å². The molecular formula is C17H22N2O3. The van der Waals surface area contributed by atoms with Gasteiger partial charge < -0.3 is 4.74 Å². The molecule has 1 N–H and O–H groups in total. The second-order valence-corrected chi connectivity index (χ2v) is 5.80. The summed E-state index contributed by atoms with van der Waals surface area (Å²) in [5.41, 5.74) is 1.79. The first kappa shape index (κ1) is 16.1. The number of ether oxygens (including phenoxy) is 1. The van der Waals surface area contributed by atoms with E-state index in [9.17, 15) is 9.59 Å². The fraction of sp³-hybridized carbons (Fsp3) is 0.412. The minimum atomic E-state index is -0.448. The van der Waals surface area contributed by atoms with Crippen LogP contribution in [0.25, 0.3) is 0 Å². The SMILES string of the molecule is CCn1c(Oc2cc(C)cc(C)c2)c(C(C)C)c(=O)[nH]c1=O. The number of nitrogens with zero attached hydrogens (tertiary/aromatic N) is 1. The van der Waals surface area contributed by atoms with Crippen LogP contribution < -0.4 is 16.0 Å². The van der Waals surface area contributed by atoms with E-state index in [1.807, 2.05) is 52.8 Å². The van der Waals surface area contributed by atoms with Crippen molar-refractivity contribution in [3.05, 3.63) is 55.7 Å².